The van der Waals surface area contributed by atoms with Gasteiger partial charge in [-0.15, -0.1) is 6.58 Å². The van der Waals surface area contributed by atoms with Crippen LogP contribution in [0.2, 0.25) is 0 Å². The zero-order valence-corrected chi connectivity index (χ0v) is 13.2. The Morgan fingerprint density at radius 2 is 1.95 bits per heavy atom. The normalized spacial score (nSPS) is 10.7. The molecular weight excluding hydrogens is 357 g/mol. The Morgan fingerprint density at radius 1 is 1.05 bits per heavy atom. The first kappa shape index (κ1) is 13.3. The van der Waals surface area contributed by atoms with E-state index in [1.54, 1.807) is 0 Å². The molecule has 3 aromatic rings. The van der Waals surface area contributed by atoms with Crippen molar-refractivity contribution in [3.63, 3.8) is 0 Å². The molecule has 0 saturated heterocycles. The van der Waals surface area contributed by atoms with Crippen LogP contribution in [0.4, 0.5) is 0 Å². The molecule has 0 unspecified atom stereocenters. The lowest BCUT2D eigenvalue weighted by Crippen LogP contribution is -1.88. The van der Waals surface area contributed by atoms with E-state index in [0.717, 1.165) is 23.2 Å². The number of benzene rings is 2. The Morgan fingerprint density at radius 3 is 2.75 bits per heavy atom. The Labute approximate surface area is 132 Å². The standard InChI is InChI=1S/C18H14IN/c1-2-4-13-7-9-17-15(11-13)8-10-18(20-17)14-5-3-6-16(19)12-14/h2-3,5-12H,1,4H2. The summed E-state index contributed by atoms with van der Waals surface area (Å²) >= 11 is 2.33. The van der Waals surface area contributed by atoms with Gasteiger partial charge in [0.1, 0.15) is 0 Å². The molecule has 1 aromatic heterocycles. The number of hydrogen-bond donors (Lipinski definition) is 0. The van der Waals surface area contributed by atoms with E-state index in [1.807, 2.05) is 6.08 Å². The molecule has 0 aliphatic carbocycles. The van der Waals surface area contributed by atoms with Crippen molar-refractivity contribution in [1.29, 1.82) is 0 Å². The maximum absolute atomic E-state index is 4.76. The van der Waals surface area contributed by atoms with Gasteiger partial charge in [0.05, 0.1) is 11.2 Å². The van der Waals surface area contributed by atoms with Gasteiger partial charge in [-0.3, -0.25) is 0 Å². The third-order valence-corrected chi connectivity index (χ3v) is 3.93. The van der Waals surface area contributed by atoms with E-state index >= 15 is 0 Å². The Balaban J connectivity index is 2.07. The summed E-state index contributed by atoms with van der Waals surface area (Å²) in [6.07, 6.45) is 2.82. The van der Waals surface area contributed by atoms with Gasteiger partial charge in [0, 0.05) is 14.5 Å². The van der Waals surface area contributed by atoms with Crippen molar-refractivity contribution in [2.24, 2.45) is 0 Å². The van der Waals surface area contributed by atoms with Crippen LogP contribution in [0.25, 0.3) is 22.2 Å². The fraction of sp³-hybridized carbons (Fsp3) is 0.0556. The fourth-order valence-corrected chi connectivity index (χ4v) is 2.82. The van der Waals surface area contributed by atoms with E-state index in [9.17, 15) is 0 Å². The van der Waals surface area contributed by atoms with Gasteiger partial charge in [-0.2, -0.15) is 0 Å². The molecule has 0 saturated carbocycles. The summed E-state index contributed by atoms with van der Waals surface area (Å²) in [5.41, 5.74) is 4.49. The van der Waals surface area contributed by atoms with Crippen LogP contribution in [0.5, 0.6) is 0 Å². The number of pyridine rings is 1. The molecular formula is C18H14IN. The van der Waals surface area contributed by atoms with E-state index in [1.165, 1.54) is 14.5 Å². The monoisotopic (exact) mass is 371 g/mol. The first-order valence-corrected chi connectivity index (χ1v) is 7.61. The van der Waals surface area contributed by atoms with Crippen LogP contribution in [-0.2, 0) is 6.42 Å². The molecule has 98 valence electrons. The molecule has 0 radical (unpaired) electrons. The maximum atomic E-state index is 4.76. The second-order valence-corrected chi connectivity index (χ2v) is 5.97. The average Bonchev–Trinajstić information content (AvgIpc) is 2.47. The Kier molecular flexibility index (Phi) is 3.83. The number of rotatable bonds is 3. The van der Waals surface area contributed by atoms with Crippen LogP contribution in [0.3, 0.4) is 0 Å². The minimum absolute atomic E-state index is 0.897. The van der Waals surface area contributed by atoms with Gasteiger partial charge in [-0.05, 0) is 64.9 Å². The molecule has 20 heavy (non-hydrogen) atoms. The summed E-state index contributed by atoms with van der Waals surface area (Å²) in [6, 6.07) is 19.0. The molecule has 3 rings (SSSR count). The zero-order chi connectivity index (χ0) is 13.9. The first-order valence-electron chi connectivity index (χ1n) is 6.53. The molecule has 0 aliphatic rings. The summed E-state index contributed by atoms with van der Waals surface area (Å²) in [4.78, 5) is 4.76. The SMILES string of the molecule is C=CCc1ccc2nc(-c3cccc(I)c3)ccc2c1. The lowest BCUT2D eigenvalue weighted by Gasteiger charge is -2.05. The molecule has 0 amide bonds. The third-order valence-electron chi connectivity index (χ3n) is 3.25. The van der Waals surface area contributed by atoms with Gasteiger partial charge in [0.25, 0.3) is 0 Å². The van der Waals surface area contributed by atoms with Crippen LogP contribution in [0, 0.1) is 3.57 Å². The predicted octanol–water partition coefficient (Wildman–Crippen LogP) is 5.23. The van der Waals surface area contributed by atoms with Crippen LogP contribution in [0.1, 0.15) is 5.56 Å². The highest BCUT2D eigenvalue weighted by Gasteiger charge is 2.02. The first-order chi connectivity index (χ1) is 9.76. The lowest BCUT2D eigenvalue weighted by atomic mass is 10.1. The van der Waals surface area contributed by atoms with E-state index in [0.29, 0.717) is 0 Å². The summed E-state index contributed by atoms with van der Waals surface area (Å²) in [5, 5.41) is 1.18. The number of aromatic nitrogens is 1. The van der Waals surface area contributed by atoms with Crippen molar-refractivity contribution >= 4 is 33.5 Å². The molecule has 0 N–H and O–H groups in total. The zero-order valence-electron chi connectivity index (χ0n) is 11.0. The molecule has 2 heteroatoms. The second-order valence-electron chi connectivity index (χ2n) is 4.73. The number of fused-ring (bicyclic) bond motifs is 1. The second kappa shape index (κ2) is 5.75. The van der Waals surface area contributed by atoms with Crippen molar-refractivity contribution in [1.82, 2.24) is 4.98 Å². The number of hydrogen-bond acceptors (Lipinski definition) is 1. The average molecular weight is 371 g/mol. The van der Waals surface area contributed by atoms with Gasteiger partial charge >= 0.3 is 0 Å². The molecule has 0 aliphatic heterocycles. The summed E-state index contributed by atoms with van der Waals surface area (Å²) < 4.78 is 1.23. The molecule has 0 spiro atoms. The largest absolute Gasteiger partial charge is 0.248 e. The molecule has 1 heterocycles. The highest BCUT2D eigenvalue weighted by Crippen LogP contribution is 2.23. The fourth-order valence-electron chi connectivity index (χ4n) is 2.28. The number of halogens is 1. The third kappa shape index (κ3) is 2.75. The van der Waals surface area contributed by atoms with Crippen molar-refractivity contribution in [2.75, 3.05) is 0 Å². The maximum Gasteiger partial charge on any atom is 0.0710 e. The summed E-state index contributed by atoms with van der Waals surface area (Å²) in [6.45, 7) is 3.78. The molecule has 0 bridgehead atoms. The van der Waals surface area contributed by atoms with Gasteiger partial charge in [-0.25, -0.2) is 4.98 Å². The van der Waals surface area contributed by atoms with E-state index in [4.69, 9.17) is 4.98 Å². The quantitative estimate of drug-likeness (QED) is 0.454. The topological polar surface area (TPSA) is 12.9 Å². The minimum atomic E-state index is 0.897. The van der Waals surface area contributed by atoms with Crippen LogP contribution in [-0.4, -0.2) is 4.98 Å². The molecule has 2 aromatic carbocycles. The van der Waals surface area contributed by atoms with Crippen molar-refractivity contribution in [2.45, 2.75) is 6.42 Å². The Hall–Kier alpha value is -1.68. The Bertz CT molecular complexity index is 777. The molecule has 1 nitrogen and oxygen atoms in total. The highest BCUT2D eigenvalue weighted by atomic mass is 127. The molecule has 0 fully saturated rings. The smallest absolute Gasteiger partial charge is 0.0710 e. The van der Waals surface area contributed by atoms with Gasteiger partial charge in [0.15, 0.2) is 0 Å². The van der Waals surface area contributed by atoms with Crippen LogP contribution in [0.15, 0.2) is 67.3 Å². The van der Waals surface area contributed by atoms with E-state index < -0.39 is 0 Å². The van der Waals surface area contributed by atoms with Crippen molar-refractivity contribution in [3.05, 3.63) is 76.4 Å². The highest BCUT2D eigenvalue weighted by molar-refractivity contribution is 14.1. The summed E-state index contributed by atoms with van der Waals surface area (Å²) in [7, 11) is 0. The number of allylic oxidation sites excluding steroid dienone is 1. The van der Waals surface area contributed by atoms with Crippen molar-refractivity contribution in [3.8, 4) is 11.3 Å². The van der Waals surface area contributed by atoms with Gasteiger partial charge in [-0.1, -0.05) is 30.3 Å². The van der Waals surface area contributed by atoms with Crippen molar-refractivity contribution < 1.29 is 0 Å². The summed E-state index contributed by atoms with van der Waals surface area (Å²) in [5.74, 6) is 0. The number of nitrogens with zero attached hydrogens (tertiary/aromatic N) is 1. The van der Waals surface area contributed by atoms with E-state index in [2.05, 4.69) is 83.8 Å². The van der Waals surface area contributed by atoms with Crippen LogP contribution >= 0.6 is 22.6 Å². The van der Waals surface area contributed by atoms with Crippen LogP contribution < -0.4 is 0 Å². The minimum Gasteiger partial charge on any atom is -0.248 e. The molecule has 0 atom stereocenters. The van der Waals surface area contributed by atoms with E-state index in [-0.39, 0.29) is 0 Å². The lowest BCUT2D eigenvalue weighted by molar-refractivity contribution is 1.28. The van der Waals surface area contributed by atoms with Gasteiger partial charge < -0.3 is 0 Å². The predicted molar refractivity (Wildman–Crippen MR) is 93.8 cm³/mol. The van der Waals surface area contributed by atoms with Gasteiger partial charge in [0.2, 0.25) is 0 Å².